The van der Waals surface area contributed by atoms with Gasteiger partial charge in [-0.05, 0) is 0 Å². The van der Waals surface area contributed by atoms with Gasteiger partial charge in [-0.1, -0.05) is 0 Å². The molecule has 2 N–H and O–H groups in total. The number of aliphatic hydroxyl groups is 1. The van der Waals surface area contributed by atoms with Crippen molar-refractivity contribution < 1.29 is 14.6 Å². The lowest BCUT2D eigenvalue weighted by Gasteiger charge is -2.37. The maximum absolute atomic E-state index is 11.1. The van der Waals surface area contributed by atoms with Gasteiger partial charge in [0.1, 0.15) is 12.0 Å². The summed E-state index contributed by atoms with van der Waals surface area (Å²) in [5.41, 5.74) is -0.421. The molecule has 0 radical (unpaired) electrons. The van der Waals surface area contributed by atoms with E-state index in [-0.39, 0.29) is 12.4 Å². The van der Waals surface area contributed by atoms with Crippen LogP contribution in [0.2, 0.25) is 0 Å². The molecule has 15 heavy (non-hydrogen) atoms. The highest BCUT2D eigenvalue weighted by atomic mass is 16.4. The molecule has 1 saturated heterocycles. The minimum atomic E-state index is -0.421. The average molecular weight is 211 g/mol. The quantitative estimate of drug-likeness (QED) is 0.722. The van der Waals surface area contributed by atoms with Crippen molar-refractivity contribution in [2.24, 2.45) is 5.92 Å². The molecule has 2 rings (SSSR count). The smallest absolute Gasteiger partial charge is 0.226 e. The van der Waals surface area contributed by atoms with Crippen LogP contribution in [0.25, 0.3) is 0 Å². The molecule has 0 spiro atoms. The summed E-state index contributed by atoms with van der Waals surface area (Å²) in [6.07, 6.45) is 1.06. The van der Waals surface area contributed by atoms with Gasteiger partial charge in [0.15, 0.2) is 5.75 Å². The zero-order valence-electron chi connectivity index (χ0n) is 8.22. The number of hydrogen-bond acceptors (Lipinski definition) is 5. The number of rotatable bonds is 3. The fourth-order valence-corrected chi connectivity index (χ4v) is 1.67. The first-order chi connectivity index (χ1) is 7.19. The van der Waals surface area contributed by atoms with Gasteiger partial charge >= 0.3 is 0 Å². The molecule has 0 bridgehead atoms. The van der Waals surface area contributed by atoms with Crippen LogP contribution < -0.4 is 5.43 Å². The van der Waals surface area contributed by atoms with Crippen molar-refractivity contribution in [2.45, 2.75) is 6.54 Å². The van der Waals surface area contributed by atoms with Gasteiger partial charge in [0.25, 0.3) is 0 Å². The second kappa shape index (κ2) is 4.04. The third-order valence-corrected chi connectivity index (χ3v) is 2.54. The molecule has 0 aliphatic carbocycles. The van der Waals surface area contributed by atoms with Gasteiger partial charge in [0.05, 0.1) is 6.54 Å². The highest BCUT2D eigenvalue weighted by Gasteiger charge is 2.26. The van der Waals surface area contributed by atoms with E-state index in [1.807, 2.05) is 0 Å². The van der Waals surface area contributed by atoms with Gasteiger partial charge in [-0.3, -0.25) is 9.69 Å². The van der Waals surface area contributed by atoms with Crippen LogP contribution in [0.4, 0.5) is 0 Å². The summed E-state index contributed by atoms with van der Waals surface area (Å²) < 4.78 is 5.06. The van der Waals surface area contributed by atoms with E-state index in [9.17, 15) is 4.79 Å². The Bertz CT molecular complexity index is 395. The Labute approximate surface area is 86.6 Å². The Balaban J connectivity index is 1.95. The van der Waals surface area contributed by atoms with Gasteiger partial charge in [0.2, 0.25) is 5.43 Å². The molecule has 1 fully saturated rings. The number of likely N-dealkylation sites (tertiary alicyclic amines) is 1. The Morgan fingerprint density at radius 3 is 2.87 bits per heavy atom. The van der Waals surface area contributed by atoms with Crippen molar-refractivity contribution in [1.82, 2.24) is 4.90 Å². The molecule has 0 unspecified atom stereocenters. The van der Waals surface area contributed by atoms with E-state index in [0.29, 0.717) is 18.2 Å². The third kappa shape index (κ3) is 2.19. The van der Waals surface area contributed by atoms with Crippen molar-refractivity contribution >= 4 is 0 Å². The Kier molecular flexibility index (Phi) is 2.75. The van der Waals surface area contributed by atoms with Gasteiger partial charge < -0.3 is 14.6 Å². The zero-order valence-corrected chi connectivity index (χ0v) is 8.22. The number of hydrogen-bond donors (Lipinski definition) is 2. The molecule has 0 atom stereocenters. The fraction of sp³-hybridized carbons (Fsp3) is 0.500. The molecule has 1 aromatic heterocycles. The molecule has 1 aliphatic heterocycles. The number of aliphatic hydroxyl groups excluding tert-OH is 1. The van der Waals surface area contributed by atoms with Crippen LogP contribution in [0.5, 0.6) is 5.75 Å². The Morgan fingerprint density at radius 2 is 2.27 bits per heavy atom. The van der Waals surface area contributed by atoms with E-state index in [1.54, 1.807) is 0 Å². The van der Waals surface area contributed by atoms with Crippen LogP contribution in [-0.4, -0.2) is 34.8 Å². The van der Waals surface area contributed by atoms with Crippen LogP contribution in [0, 0.1) is 5.92 Å². The Hall–Kier alpha value is -1.33. The topological polar surface area (TPSA) is 73.9 Å². The van der Waals surface area contributed by atoms with E-state index in [4.69, 9.17) is 14.6 Å². The van der Waals surface area contributed by atoms with E-state index >= 15 is 0 Å². The lowest BCUT2D eigenvalue weighted by molar-refractivity contribution is 0.0424. The second-order valence-electron chi connectivity index (χ2n) is 3.84. The fourth-order valence-electron chi connectivity index (χ4n) is 1.67. The molecule has 1 aliphatic rings. The van der Waals surface area contributed by atoms with Crippen molar-refractivity contribution in [1.29, 1.82) is 0 Å². The van der Waals surface area contributed by atoms with Crippen molar-refractivity contribution in [3.8, 4) is 5.75 Å². The third-order valence-electron chi connectivity index (χ3n) is 2.54. The van der Waals surface area contributed by atoms with E-state index in [0.717, 1.165) is 19.4 Å². The number of aromatic hydroxyl groups is 1. The highest BCUT2D eigenvalue weighted by Crippen LogP contribution is 2.17. The molecule has 0 saturated carbocycles. The molecule has 5 heteroatoms. The van der Waals surface area contributed by atoms with Crippen molar-refractivity contribution in [3.05, 3.63) is 28.3 Å². The largest absolute Gasteiger partial charge is 0.502 e. The van der Waals surface area contributed by atoms with E-state index < -0.39 is 5.43 Å². The monoisotopic (exact) mass is 211 g/mol. The Morgan fingerprint density at radius 1 is 1.53 bits per heavy atom. The molecular weight excluding hydrogens is 198 g/mol. The molecular formula is C10H13NO4. The van der Waals surface area contributed by atoms with Crippen LogP contribution in [0.3, 0.4) is 0 Å². The van der Waals surface area contributed by atoms with Gasteiger partial charge in [-0.15, -0.1) is 0 Å². The van der Waals surface area contributed by atoms with Gasteiger partial charge in [-0.25, -0.2) is 0 Å². The average Bonchev–Trinajstić information content (AvgIpc) is 2.16. The normalized spacial score (nSPS) is 17.7. The summed E-state index contributed by atoms with van der Waals surface area (Å²) in [6, 6.07) is 1.29. The SMILES string of the molecule is O=c1cc(CN2CC(CO)C2)occ1O. The predicted molar refractivity (Wildman–Crippen MR) is 52.5 cm³/mol. The predicted octanol–water partition coefficient (Wildman–Crippen LogP) is -0.231. The van der Waals surface area contributed by atoms with Crippen molar-refractivity contribution in [2.75, 3.05) is 19.7 Å². The molecule has 2 heterocycles. The summed E-state index contributed by atoms with van der Waals surface area (Å²) in [5, 5.41) is 17.8. The van der Waals surface area contributed by atoms with E-state index in [2.05, 4.69) is 4.90 Å². The van der Waals surface area contributed by atoms with Gasteiger partial charge in [-0.2, -0.15) is 0 Å². The first-order valence-electron chi connectivity index (χ1n) is 4.83. The minimum Gasteiger partial charge on any atom is -0.502 e. The van der Waals surface area contributed by atoms with Crippen LogP contribution in [0.15, 0.2) is 21.5 Å². The van der Waals surface area contributed by atoms with Crippen LogP contribution in [0.1, 0.15) is 5.76 Å². The maximum Gasteiger partial charge on any atom is 0.226 e. The second-order valence-corrected chi connectivity index (χ2v) is 3.84. The van der Waals surface area contributed by atoms with Crippen LogP contribution in [-0.2, 0) is 6.54 Å². The summed E-state index contributed by atoms with van der Waals surface area (Å²) >= 11 is 0. The summed E-state index contributed by atoms with van der Waals surface area (Å²) in [5.74, 6) is 0.513. The lowest BCUT2D eigenvalue weighted by Crippen LogP contribution is -2.47. The summed E-state index contributed by atoms with van der Waals surface area (Å²) in [7, 11) is 0. The molecule has 82 valence electrons. The lowest BCUT2D eigenvalue weighted by atomic mass is 10.0. The first-order valence-corrected chi connectivity index (χ1v) is 4.83. The molecule has 1 aromatic rings. The first kappa shape index (κ1) is 10.2. The summed E-state index contributed by atoms with van der Waals surface area (Å²) in [6.45, 7) is 2.39. The number of nitrogens with zero attached hydrogens (tertiary/aromatic N) is 1. The van der Waals surface area contributed by atoms with Gasteiger partial charge in [0, 0.05) is 31.7 Å². The summed E-state index contributed by atoms with van der Waals surface area (Å²) in [4.78, 5) is 13.1. The van der Waals surface area contributed by atoms with Crippen LogP contribution >= 0.6 is 0 Å². The molecule has 5 nitrogen and oxygen atoms in total. The molecule has 0 amide bonds. The maximum atomic E-state index is 11.1. The zero-order chi connectivity index (χ0) is 10.8. The molecule has 0 aromatic carbocycles. The minimum absolute atomic E-state index is 0.204. The van der Waals surface area contributed by atoms with Crippen molar-refractivity contribution in [3.63, 3.8) is 0 Å². The van der Waals surface area contributed by atoms with E-state index in [1.165, 1.54) is 6.07 Å². The highest BCUT2D eigenvalue weighted by molar-refractivity contribution is 5.15. The standard InChI is InChI=1S/C10H13NO4/c12-5-7-2-11(3-7)4-8-1-9(13)10(14)6-15-8/h1,6-7,12,14H,2-5H2.